The van der Waals surface area contributed by atoms with Crippen molar-refractivity contribution in [3.8, 4) is 5.82 Å². The van der Waals surface area contributed by atoms with Crippen molar-refractivity contribution in [2.24, 2.45) is 0 Å². The first kappa shape index (κ1) is 10.8. The molecule has 2 aromatic rings. The van der Waals surface area contributed by atoms with Gasteiger partial charge < -0.3 is 5.32 Å². The lowest BCUT2D eigenvalue weighted by Crippen LogP contribution is -2.13. The van der Waals surface area contributed by atoms with Crippen molar-refractivity contribution in [3.63, 3.8) is 0 Å². The second kappa shape index (κ2) is 5.37. The van der Waals surface area contributed by atoms with Crippen molar-refractivity contribution in [1.82, 2.24) is 25.1 Å². The Kier molecular flexibility index (Phi) is 3.61. The predicted molar refractivity (Wildman–Crippen MR) is 61.2 cm³/mol. The first-order chi connectivity index (χ1) is 7.90. The Morgan fingerprint density at radius 3 is 3.12 bits per heavy atom. The van der Waals surface area contributed by atoms with Crippen LogP contribution in [-0.4, -0.2) is 26.3 Å². The third kappa shape index (κ3) is 2.64. The third-order valence-electron chi connectivity index (χ3n) is 2.19. The number of nitrogens with zero attached hydrogens (tertiary/aromatic N) is 4. The number of aromatic nitrogens is 4. The van der Waals surface area contributed by atoms with Crippen LogP contribution in [0.3, 0.4) is 0 Å². The van der Waals surface area contributed by atoms with Gasteiger partial charge in [0.05, 0.1) is 6.20 Å². The molecule has 2 rings (SSSR count). The highest BCUT2D eigenvalue weighted by Gasteiger charge is 2.00. The predicted octanol–water partition coefficient (Wildman–Crippen LogP) is 1.16. The quantitative estimate of drug-likeness (QED) is 0.764. The topological polar surface area (TPSA) is 55.6 Å². The molecule has 0 aliphatic carbocycles. The molecule has 0 bridgehead atoms. The molecule has 16 heavy (non-hydrogen) atoms. The monoisotopic (exact) mass is 217 g/mol. The van der Waals surface area contributed by atoms with Crippen molar-refractivity contribution in [2.45, 2.75) is 19.9 Å². The average Bonchev–Trinajstić information content (AvgIpc) is 2.79. The summed E-state index contributed by atoms with van der Waals surface area (Å²) in [5, 5.41) is 7.58. The van der Waals surface area contributed by atoms with E-state index in [9.17, 15) is 0 Å². The average molecular weight is 217 g/mol. The van der Waals surface area contributed by atoms with Gasteiger partial charge in [-0.1, -0.05) is 6.92 Å². The smallest absolute Gasteiger partial charge is 0.156 e. The van der Waals surface area contributed by atoms with Gasteiger partial charge in [-0.15, -0.1) is 0 Å². The van der Waals surface area contributed by atoms with Gasteiger partial charge in [-0.05, 0) is 13.0 Å². The van der Waals surface area contributed by atoms with Crippen LogP contribution in [0.5, 0.6) is 0 Å². The second-order valence-corrected chi connectivity index (χ2v) is 3.54. The van der Waals surface area contributed by atoms with E-state index in [0.717, 1.165) is 30.9 Å². The number of hydrogen-bond acceptors (Lipinski definition) is 4. The van der Waals surface area contributed by atoms with E-state index >= 15 is 0 Å². The molecule has 0 saturated carbocycles. The van der Waals surface area contributed by atoms with Crippen molar-refractivity contribution >= 4 is 0 Å². The molecule has 0 aliphatic heterocycles. The maximum atomic E-state index is 4.25. The molecule has 5 heteroatoms. The van der Waals surface area contributed by atoms with E-state index in [0.29, 0.717) is 0 Å². The van der Waals surface area contributed by atoms with Gasteiger partial charge >= 0.3 is 0 Å². The summed E-state index contributed by atoms with van der Waals surface area (Å²) in [6.45, 7) is 4.02. The summed E-state index contributed by atoms with van der Waals surface area (Å²) in [6.07, 6.45) is 8.20. The highest BCUT2D eigenvalue weighted by molar-refractivity contribution is 5.19. The Bertz CT molecular complexity index is 423. The van der Waals surface area contributed by atoms with E-state index in [1.54, 1.807) is 10.9 Å². The lowest BCUT2D eigenvalue weighted by molar-refractivity contribution is 0.675. The van der Waals surface area contributed by atoms with E-state index in [2.05, 4.69) is 27.3 Å². The van der Waals surface area contributed by atoms with Crippen LogP contribution in [0.2, 0.25) is 0 Å². The maximum Gasteiger partial charge on any atom is 0.156 e. The minimum absolute atomic E-state index is 0.789. The van der Waals surface area contributed by atoms with Crippen LogP contribution in [-0.2, 0) is 6.54 Å². The molecule has 2 aromatic heterocycles. The fraction of sp³-hybridized carbons (Fsp3) is 0.364. The molecule has 0 spiro atoms. The van der Waals surface area contributed by atoms with Crippen LogP contribution in [0, 0.1) is 0 Å². The van der Waals surface area contributed by atoms with Gasteiger partial charge in [-0.25, -0.2) is 14.6 Å². The van der Waals surface area contributed by atoms with Crippen LogP contribution < -0.4 is 5.32 Å². The Morgan fingerprint density at radius 2 is 2.38 bits per heavy atom. The highest BCUT2D eigenvalue weighted by Crippen LogP contribution is 2.03. The standard InChI is InChI=1S/C11H15N5/c1-2-4-12-6-10-7-15-16(8-10)11-3-5-13-9-14-11/h3,5,7-9,12H,2,4,6H2,1H3. The molecule has 0 radical (unpaired) electrons. The van der Waals surface area contributed by atoms with Gasteiger partial charge in [0.15, 0.2) is 5.82 Å². The molecule has 0 fully saturated rings. The fourth-order valence-corrected chi connectivity index (χ4v) is 1.41. The summed E-state index contributed by atoms with van der Waals surface area (Å²) >= 11 is 0. The van der Waals surface area contributed by atoms with Crippen molar-refractivity contribution in [3.05, 3.63) is 36.5 Å². The molecule has 0 atom stereocenters. The van der Waals surface area contributed by atoms with Gasteiger partial charge in [0.2, 0.25) is 0 Å². The van der Waals surface area contributed by atoms with E-state index < -0.39 is 0 Å². The zero-order valence-electron chi connectivity index (χ0n) is 9.30. The zero-order chi connectivity index (χ0) is 11.2. The van der Waals surface area contributed by atoms with Gasteiger partial charge in [0, 0.05) is 30.6 Å². The zero-order valence-corrected chi connectivity index (χ0v) is 9.30. The first-order valence-electron chi connectivity index (χ1n) is 5.41. The molecule has 0 aliphatic rings. The van der Waals surface area contributed by atoms with E-state index in [4.69, 9.17) is 0 Å². The number of hydrogen-bond donors (Lipinski definition) is 1. The van der Waals surface area contributed by atoms with Crippen LogP contribution in [0.15, 0.2) is 31.0 Å². The van der Waals surface area contributed by atoms with Gasteiger partial charge in [0.25, 0.3) is 0 Å². The summed E-state index contributed by atoms with van der Waals surface area (Å²) in [5.74, 6) is 0.789. The summed E-state index contributed by atoms with van der Waals surface area (Å²) in [7, 11) is 0. The molecule has 0 unspecified atom stereocenters. The van der Waals surface area contributed by atoms with Crippen LogP contribution in [0.25, 0.3) is 5.82 Å². The molecule has 2 heterocycles. The first-order valence-corrected chi connectivity index (χ1v) is 5.41. The fourth-order valence-electron chi connectivity index (χ4n) is 1.41. The molecule has 0 amide bonds. The lowest BCUT2D eigenvalue weighted by atomic mass is 10.3. The molecule has 84 valence electrons. The van der Waals surface area contributed by atoms with Crippen LogP contribution in [0.1, 0.15) is 18.9 Å². The Morgan fingerprint density at radius 1 is 1.44 bits per heavy atom. The Labute approximate surface area is 94.5 Å². The molecular weight excluding hydrogens is 202 g/mol. The minimum atomic E-state index is 0.789. The lowest BCUT2D eigenvalue weighted by Gasteiger charge is -1.99. The van der Waals surface area contributed by atoms with Gasteiger partial charge in [-0.2, -0.15) is 5.10 Å². The normalized spacial score (nSPS) is 10.6. The SMILES string of the molecule is CCCNCc1cnn(-c2ccncn2)c1. The Balaban J connectivity index is 2.02. The van der Waals surface area contributed by atoms with E-state index in [1.165, 1.54) is 6.33 Å². The third-order valence-corrected chi connectivity index (χ3v) is 2.19. The Hall–Kier alpha value is -1.75. The molecule has 1 N–H and O–H groups in total. The van der Waals surface area contributed by atoms with Crippen LogP contribution >= 0.6 is 0 Å². The number of nitrogens with one attached hydrogen (secondary N) is 1. The van der Waals surface area contributed by atoms with Crippen molar-refractivity contribution in [2.75, 3.05) is 6.54 Å². The van der Waals surface area contributed by atoms with Gasteiger partial charge in [-0.3, -0.25) is 0 Å². The summed E-state index contributed by atoms with van der Waals surface area (Å²) in [5.41, 5.74) is 1.16. The van der Waals surface area contributed by atoms with E-state index in [1.807, 2.05) is 18.5 Å². The van der Waals surface area contributed by atoms with Crippen LogP contribution in [0.4, 0.5) is 0 Å². The summed E-state index contributed by atoms with van der Waals surface area (Å²) in [4.78, 5) is 8.00. The van der Waals surface area contributed by atoms with Gasteiger partial charge in [0.1, 0.15) is 6.33 Å². The highest BCUT2D eigenvalue weighted by atomic mass is 15.3. The second-order valence-electron chi connectivity index (χ2n) is 3.54. The summed E-state index contributed by atoms with van der Waals surface area (Å²) in [6, 6.07) is 1.83. The van der Waals surface area contributed by atoms with Crippen molar-refractivity contribution in [1.29, 1.82) is 0 Å². The minimum Gasteiger partial charge on any atom is -0.313 e. The summed E-state index contributed by atoms with van der Waals surface area (Å²) < 4.78 is 1.75. The van der Waals surface area contributed by atoms with Crippen molar-refractivity contribution < 1.29 is 0 Å². The number of rotatable bonds is 5. The maximum absolute atomic E-state index is 4.25. The molecular formula is C11H15N5. The molecule has 5 nitrogen and oxygen atoms in total. The molecule has 0 saturated heterocycles. The largest absolute Gasteiger partial charge is 0.313 e. The van der Waals surface area contributed by atoms with E-state index in [-0.39, 0.29) is 0 Å². The molecule has 0 aromatic carbocycles.